The van der Waals surface area contributed by atoms with Crippen LogP contribution in [0, 0.1) is 20.8 Å². The molecule has 1 aromatic heterocycles. The van der Waals surface area contributed by atoms with Crippen LogP contribution in [0.15, 0.2) is 78.1 Å². The normalized spacial score (nSPS) is 15.5. The van der Waals surface area contributed by atoms with Crippen LogP contribution in [-0.4, -0.2) is 26.9 Å². The first-order chi connectivity index (χ1) is 17.7. The van der Waals surface area contributed by atoms with Crippen LogP contribution in [0.1, 0.15) is 38.1 Å². The number of phenols is 1. The molecule has 0 bridgehead atoms. The largest absolute Gasteiger partial charge is 0.506 e. The van der Waals surface area contributed by atoms with Gasteiger partial charge < -0.3 is 10.2 Å². The van der Waals surface area contributed by atoms with E-state index < -0.39 is 23.5 Å². The number of aliphatic hydroxyl groups excluding tert-OH is 1. The third-order valence-electron chi connectivity index (χ3n) is 6.53. The number of aromatic hydroxyl groups is 1. The topological polar surface area (TPSA) is 90.7 Å². The highest BCUT2D eigenvalue weighted by atomic mass is 35.5. The average Bonchev–Trinajstić information content (AvgIpc) is 3.40. The van der Waals surface area contributed by atoms with Crippen LogP contribution in [0.2, 0.25) is 5.02 Å². The molecule has 0 spiro atoms. The molecule has 2 N–H and O–H groups in total. The summed E-state index contributed by atoms with van der Waals surface area (Å²) in [4.78, 5) is 33.8. The average molecular weight is 531 g/mol. The molecular formula is C29H23ClN2O4S. The van der Waals surface area contributed by atoms with Gasteiger partial charge in [0.1, 0.15) is 10.8 Å². The molecule has 1 amide bonds. The molecule has 186 valence electrons. The van der Waals surface area contributed by atoms with Crippen molar-refractivity contribution in [3.05, 3.63) is 110 Å². The summed E-state index contributed by atoms with van der Waals surface area (Å²) in [6.07, 6.45) is 0. The van der Waals surface area contributed by atoms with Gasteiger partial charge in [-0.3, -0.25) is 14.5 Å². The monoisotopic (exact) mass is 530 g/mol. The summed E-state index contributed by atoms with van der Waals surface area (Å²) >= 11 is 7.43. The number of aromatic nitrogens is 1. The van der Waals surface area contributed by atoms with Gasteiger partial charge in [0, 0.05) is 11.3 Å². The minimum absolute atomic E-state index is 0.0589. The number of ketones is 1. The van der Waals surface area contributed by atoms with Crippen molar-refractivity contribution in [3.8, 4) is 16.3 Å². The van der Waals surface area contributed by atoms with Crippen LogP contribution in [0.25, 0.3) is 10.6 Å². The molecule has 8 heteroatoms. The van der Waals surface area contributed by atoms with Gasteiger partial charge in [-0.05, 0) is 61.7 Å². The summed E-state index contributed by atoms with van der Waals surface area (Å²) in [5, 5.41) is 21.8. The summed E-state index contributed by atoms with van der Waals surface area (Å²) in [6.45, 7) is 5.62. The van der Waals surface area contributed by atoms with Crippen molar-refractivity contribution in [1.29, 1.82) is 0 Å². The van der Waals surface area contributed by atoms with E-state index in [1.165, 1.54) is 28.4 Å². The summed E-state index contributed by atoms with van der Waals surface area (Å²) in [5.41, 5.74) is 4.33. The number of phenolic OH excluding ortho intramolecular Hbond substituents is 1. The van der Waals surface area contributed by atoms with Gasteiger partial charge in [-0.2, -0.15) is 0 Å². The zero-order valence-electron chi connectivity index (χ0n) is 20.3. The van der Waals surface area contributed by atoms with Crippen molar-refractivity contribution >= 4 is 40.3 Å². The Bertz CT molecular complexity index is 1590. The van der Waals surface area contributed by atoms with Crippen LogP contribution in [0.3, 0.4) is 0 Å². The Hall–Kier alpha value is -3.94. The maximum absolute atomic E-state index is 14.0. The Labute approximate surface area is 223 Å². The molecule has 2 heterocycles. The Morgan fingerprint density at radius 2 is 1.70 bits per heavy atom. The van der Waals surface area contributed by atoms with Gasteiger partial charge in [0.05, 0.1) is 27.2 Å². The van der Waals surface area contributed by atoms with E-state index in [1.54, 1.807) is 19.1 Å². The molecule has 4 aromatic rings. The lowest BCUT2D eigenvalue weighted by molar-refractivity contribution is -0.117. The van der Waals surface area contributed by atoms with Crippen LogP contribution in [0.4, 0.5) is 5.69 Å². The first-order valence-electron chi connectivity index (χ1n) is 11.6. The number of thiazole rings is 1. The Kier molecular flexibility index (Phi) is 6.35. The van der Waals surface area contributed by atoms with Gasteiger partial charge in [0.2, 0.25) is 5.78 Å². The van der Waals surface area contributed by atoms with E-state index in [0.29, 0.717) is 26.8 Å². The second-order valence-corrected chi connectivity index (χ2v) is 10.4. The zero-order chi connectivity index (χ0) is 26.4. The summed E-state index contributed by atoms with van der Waals surface area (Å²) in [5.74, 6) is -1.92. The number of carbonyl (C=O) groups excluding carboxylic acids is 2. The van der Waals surface area contributed by atoms with E-state index in [-0.39, 0.29) is 16.3 Å². The fraction of sp³-hybridized carbons (Fsp3) is 0.138. The molecule has 6 nitrogen and oxygen atoms in total. The van der Waals surface area contributed by atoms with Crippen molar-refractivity contribution in [2.24, 2.45) is 0 Å². The molecule has 0 fully saturated rings. The Morgan fingerprint density at radius 1 is 0.973 bits per heavy atom. The number of rotatable bonds is 5. The maximum Gasteiger partial charge on any atom is 0.294 e. The van der Waals surface area contributed by atoms with Crippen LogP contribution >= 0.6 is 22.9 Å². The number of amides is 1. The SMILES string of the molecule is Cc1ccc(N2C(=O)C(O)=C(C(=O)c3sc(-c4ccccc4)nc3C)C2c2ccc(O)c(Cl)c2)cc1C. The smallest absolute Gasteiger partial charge is 0.294 e. The number of Topliss-reactive ketones (excluding diaryl/α,β-unsaturated/α-hetero) is 1. The lowest BCUT2D eigenvalue weighted by Gasteiger charge is -2.27. The summed E-state index contributed by atoms with van der Waals surface area (Å²) in [6, 6.07) is 18.6. The Balaban J connectivity index is 1.66. The first kappa shape index (κ1) is 24.7. The second-order valence-electron chi connectivity index (χ2n) is 8.95. The minimum atomic E-state index is -0.957. The number of hydrogen-bond acceptors (Lipinski definition) is 6. The van der Waals surface area contributed by atoms with Gasteiger partial charge in [-0.15, -0.1) is 11.3 Å². The van der Waals surface area contributed by atoms with E-state index in [2.05, 4.69) is 4.98 Å². The molecule has 1 atom stereocenters. The number of benzene rings is 3. The van der Waals surface area contributed by atoms with Crippen LogP contribution in [0.5, 0.6) is 5.75 Å². The van der Waals surface area contributed by atoms with Crippen molar-refractivity contribution in [2.45, 2.75) is 26.8 Å². The number of aliphatic hydroxyl groups is 1. The summed E-state index contributed by atoms with van der Waals surface area (Å²) in [7, 11) is 0. The van der Waals surface area contributed by atoms with Crippen LogP contribution in [-0.2, 0) is 4.79 Å². The van der Waals surface area contributed by atoms with Gasteiger partial charge in [-0.1, -0.05) is 54.1 Å². The van der Waals surface area contributed by atoms with Gasteiger partial charge >= 0.3 is 0 Å². The third kappa shape index (κ3) is 4.30. The van der Waals surface area contributed by atoms with Crippen molar-refractivity contribution in [3.63, 3.8) is 0 Å². The number of carbonyl (C=O) groups is 2. The van der Waals surface area contributed by atoms with Gasteiger partial charge in [0.25, 0.3) is 5.91 Å². The first-order valence-corrected chi connectivity index (χ1v) is 12.8. The molecule has 5 rings (SSSR count). The molecule has 1 aliphatic heterocycles. The predicted octanol–water partition coefficient (Wildman–Crippen LogP) is 6.88. The molecule has 3 aromatic carbocycles. The highest BCUT2D eigenvalue weighted by Crippen LogP contribution is 2.44. The molecular weight excluding hydrogens is 508 g/mol. The molecule has 1 aliphatic rings. The summed E-state index contributed by atoms with van der Waals surface area (Å²) < 4.78 is 0. The van der Waals surface area contributed by atoms with Crippen molar-refractivity contribution < 1.29 is 19.8 Å². The van der Waals surface area contributed by atoms with E-state index in [4.69, 9.17) is 11.6 Å². The number of nitrogens with zero attached hydrogens (tertiary/aromatic N) is 2. The number of aryl methyl sites for hydroxylation is 3. The molecule has 0 saturated carbocycles. The van der Waals surface area contributed by atoms with Gasteiger partial charge in [0.15, 0.2) is 5.76 Å². The van der Waals surface area contributed by atoms with Crippen molar-refractivity contribution in [2.75, 3.05) is 4.90 Å². The maximum atomic E-state index is 14.0. The fourth-order valence-electron chi connectivity index (χ4n) is 4.42. The molecule has 0 aliphatic carbocycles. The lowest BCUT2D eigenvalue weighted by Crippen LogP contribution is -2.31. The number of halogens is 1. The highest BCUT2D eigenvalue weighted by Gasteiger charge is 2.45. The molecule has 1 unspecified atom stereocenters. The van der Waals surface area contributed by atoms with E-state index in [0.717, 1.165) is 16.7 Å². The number of anilines is 1. The third-order valence-corrected chi connectivity index (χ3v) is 8.04. The molecule has 37 heavy (non-hydrogen) atoms. The zero-order valence-corrected chi connectivity index (χ0v) is 21.9. The standard InChI is InChI=1S/C29H23ClN2O4S/c1-15-9-11-20(13-16(15)2)32-24(19-10-12-22(33)21(30)14-19)23(26(35)29(32)36)25(34)27-17(3)31-28(37-27)18-7-5-4-6-8-18/h4-14,24,33,35H,1-3H3. The van der Waals surface area contributed by atoms with E-state index >= 15 is 0 Å². The molecule has 0 saturated heterocycles. The van der Waals surface area contributed by atoms with E-state index in [9.17, 15) is 19.8 Å². The Morgan fingerprint density at radius 3 is 2.38 bits per heavy atom. The second kappa shape index (κ2) is 9.50. The van der Waals surface area contributed by atoms with Crippen molar-refractivity contribution in [1.82, 2.24) is 4.98 Å². The predicted molar refractivity (Wildman–Crippen MR) is 146 cm³/mol. The van der Waals surface area contributed by atoms with Gasteiger partial charge in [-0.25, -0.2) is 4.98 Å². The van der Waals surface area contributed by atoms with Crippen LogP contribution < -0.4 is 4.90 Å². The minimum Gasteiger partial charge on any atom is -0.506 e. The molecule has 0 radical (unpaired) electrons. The fourth-order valence-corrected chi connectivity index (χ4v) is 5.64. The number of hydrogen-bond donors (Lipinski definition) is 2. The quantitative estimate of drug-likeness (QED) is 0.274. The lowest BCUT2D eigenvalue weighted by atomic mass is 9.94. The highest BCUT2D eigenvalue weighted by molar-refractivity contribution is 7.17. The van der Waals surface area contributed by atoms with E-state index in [1.807, 2.05) is 56.3 Å².